The van der Waals surface area contributed by atoms with E-state index in [0.717, 1.165) is 12.8 Å². The lowest BCUT2D eigenvalue weighted by Gasteiger charge is -1.97. The quantitative estimate of drug-likeness (QED) is 0.611. The summed E-state index contributed by atoms with van der Waals surface area (Å²) in [5.41, 5.74) is 3.11. The Morgan fingerprint density at radius 1 is 1.08 bits per heavy atom. The van der Waals surface area contributed by atoms with Gasteiger partial charge in [0.05, 0.1) is 0 Å². The first-order valence-electron chi connectivity index (χ1n) is 4.28. The Kier molecular flexibility index (Phi) is 2.82. The van der Waals surface area contributed by atoms with Crippen LogP contribution in [-0.2, 0) is 12.8 Å². The number of hydrogen-bond acceptors (Lipinski definition) is 1. The molecule has 0 bridgehead atoms. The monoisotopic (exact) mass is 161 g/mol. The molecule has 0 unspecified atom stereocenters. The maximum absolute atomic E-state index is 8.60. The van der Waals surface area contributed by atoms with Gasteiger partial charge in [0.25, 0.3) is 0 Å². The first-order valence-corrected chi connectivity index (χ1v) is 4.28. The predicted molar refractivity (Wildman–Crippen MR) is 49.9 cm³/mol. The van der Waals surface area contributed by atoms with Crippen LogP contribution in [0.2, 0.25) is 0 Å². The second kappa shape index (κ2) is 3.87. The summed E-state index contributed by atoms with van der Waals surface area (Å²) >= 11 is 0. The number of benzene rings is 1. The van der Waals surface area contributed by atoms with Crippen LogP contribution in [0.3, 0.4) is 0 Å². The van der Waals surface area contributed by atoms with Crippen molar-refractivity contribution in [3.63, 3.8) is 0 Å². The molecule has 0 aromatic heterocycles. The van der Waals surface area contributed by atoms with Gasteiger partial charge >= 0.3 is 5.69 Å². The summed E-state index contributed by atoms with van der Waals surface area (Å²) < 4.78 is 0. The minimum Gasteiger partial charge on any atom is -0.0613 e. The standard InChI is InChI=1S/C10H13N2/c1-3-8-5-9(4-2)7-10(6-8)12-11/h5-7H,3-4H2,1-2H3/q+1. The topological polar surface area (TPSA) is 28.1 Å². The summed E-state index contributed by atoms with van der Waals surface area (Å²) in [7, 11) is 0. The van der Waals surface area contributed by atoms with E-state index in [1.165, 1.54) is 11.1 Å². The summed E-state index contributed by atoms with van der Waals surface area (Å²) in [6, 6.07) is 5.95. The van der Waals surface area contributed by atoms with Crippen LogP contribution in [-0.4, -0.2) is 0 Å². The first kappa shape index (κ1) is 8.73. The molecule has 0 spiro atoms. The van der Waals surface area contributed by atoms with E-state index in [1.54, 1.807) is 0 Å². The minimum absolute atomic E-state index is 0.659. The average molecular weight is 161 g/mol. The molecule has 2 nitrogen and oxygen atoms in total. The summed E-state index contributed by atoms with van der Waals surface area (Å²) in [5, 5.41) is 8.60. The number of rotatable bonds is 2. The Morgan fingerprint density at radius 2 is 1.58 bits per heavy atom. The van der Waals surface area contributed by atoms with Crippen LogP contribution in [0.25, 0.3) is 4.98 Å². The maximum Gasteiger partial charge on any atom is 0.385 e. The molecule has 0 atom stereocenters. The van der Waals surface area contributed by atoms with Gasteiger partial charge in [-0.15, -0.1) is 0 Å². The van der Waals surface area contributed by atoms with Gasteiger partial charge in [0.2, 0.25) is 5.39 Å². The zero-order valence-corrected chi connectivity index (χ0v) is 7.54. The molecule has 0 saturated carbocycles. The number of aryl methyl sites for hydroxylation is 2. The van der Waals surface area contributed by atoms with E-state index in [-0.39, 0.29) is 0 Å². The van der Waals surface area contributed by atoms with Crippen LogP contribution in [0.15, 0.2) is 18.2 Å². The van der Waals surface area contributed by atoms with Gasteiger partial charge in [0, 0.05) is 12.1 Å². The van der Waals surface area contributed by atoms with E-state index in [9.17, 15) is 0 Å². The average Bonchev–Trinajstić information content (AvgIpc) is 2.16. The van der Waals surface area contributed by atoms with Gasteiger partial charge in [-0.25, -0.2) is 0 Å². The zero-order valence-electron chi connectivity index (χ0n) is 7.54. The first-order chi connectivity index (χ1) is 5.80. The molecular weight excluding hydrogens is 148 g/mol. The molecule has 0 aliphatic heterocycles. The van der Waals surface area contributed by atoms with Gasteiger partial charge in [-0.3, -0.25) is 0 Å². The fraction of sp³-hybridized carbons (Fsp3) is 0.400. The molecule has 1 aromatic rings. The fourth-order valence-corrected chi connectivity index (χ4v) is 1.21. The molecule has 0 amide bonds. The van der Waals surface area contributed by atoms with Crippen molar-refractivity contribution in [2.75, 3.05) is 0 Å². The second-order valence-corrected chi connectivity index (χ2v) is 2.81. The Hall–Kier alpha value is -1.36. The highest BCUT2D eigenvalue weighted by molar-refractivity contribution is 5.49. The third-order valence-corrected chi connectivity index (χ3v) is 1.97. The van der Waals surface area contributed by atoms with Gasteiger partial charge in [0.1, 0.15) is 0 Å². The van der Waals surface area contributed by atoms with E-state index in [2.05, 4.69) is 24.9 Å². The molecule has 2 heteroatoms. The van der Waals surface area contributed by atoms with E-state index >= 15 is 0 Å². The molecule has 12 heavy (non-hydrogen) atoms. The summed E-state index contributed by atoms with van der Waals surface area (Å²) in [5.74, 6) is 0. The molecule has 0 fully saturated rings. The molecular formula is C10H13N2+. The van der Waals surface area contributed by atoms with Crippen LogP contribution in [0, 0.1) is 5.39 Å². The fourth-order valence-electron chi connectivity index (χ4n) is 1.21. The van der Waals surface area contributed by atoms with Gasteiger partial charge in [-0.2, -0.15) is 0 Å². The molecule has 0 radical (unpaired) electrons. The second-order valence-electron chi connectivity index (χ2n) is 2.81. The van der Waals surface area contributed by atoms with Crippen molar-refractivity contribution in [3.05, 3.63) is 34.3 Å². The van der Waals surface area contributed by atoms with E-state index in [1.807, 2.05) is 12.1 Å². The van der Waals surface area contributed by atoms with E-state index in [4.69, 9.17) is 5.39 Å². The third-order valence-electron chi connectivity index (χ3n) is 1.97. The highest BCUT2D eigenvalue weighted by Gasteiger charge is 2.06. The molecule has 1 rings (SSSR count). The predicted octanol–water partition coefficient (Wildman–Crippen LogP) is 3.30. The number of diazo groups is 1. The van der Waals surface area contributed by atoms with Crippen molar-refractivity contribution in [2.45, 2.75) is 26.7 Å². The van der Waals surface area contributed by atoms with Crippen LogP contribution in [0.1, 0.15) is 25.0 Å². The van der Waals surface area contributed by atoms with Crippen LogP contribution >= 0.6 is 0 Å². The van der Waals surface area contributed by atoms with Crippen molar-refractivity contribution in [1.82, 2.24) is 0 Å². The lowest BCUT2D eigenvalue weighted by molar-refractivity contribution is 1.09. The van der Waals surface area contributed by atoms with E-state index < -0.39 is 0 Å². The summed E-state index contributed by atoms with van der Waals surface area (Å²) in [6.45, 7) is 4.19. The smallest absolute Gasteiger partial charge is 0.0613 e. The highest BCUT2D eigenvalue weighted by Crippen LogP contribution is 2.18. The van der Waals surface area contributed by atoms with Gasteiger partial charge in [0.15, 0.2) is 4.98 Å². The summed E-state index contributed by atoms with van der Waals surface area (Å²) in [4.78, 5) is 3.19. The normalized spacial score (nSPS) is 9.42. The van der Waals surface area contributed by atoms with Crippen LogP contribution < -0.4 is 0 Å². The molecule has 1 aromatic carbocycles. The Labute approximate surface area is 72.9 Å². The van der Waals surface area contributed by atoms with Crippen LogP contribution in [0.4, 0.5) is 5.69 Å². The van der Waals surface area contributed by atoms with Crippen molar-refractivity contribution < 1.29 is 0 Å². The third kappa shape index (κ3) is 1.82. The number of hydrogen-bond donors (Lipinski definition) is 0. The molecule has 0 aliphatic rings. The molecule has 0 saturated heterocycles. The largest absolute Gasteiger partial charge is 0.385 e. The lowest BCUT2D eigenvalue weighted by Crippen LogP contribution is -1.84. The Morgan fingerprint density at radius 3 is 1.92 bits per heavy atom. The highest BCUT2D eigenvalue weighted by atomic mass is 14.8. The summed E-state index contributed by atoms with van der Waals surface area (Å²) in [6.07, 6.45) is 1.96. The Bertz CT molecular complexity index is 288. The van der Waals surface area contributed by atoms with E-state index in [0.29, 0.717) is 5.69 Å². The Balaban J connectivity index is 3.12. The van der Waals surface area contributed by atoms with Gasteiger partial charge < -0.3 is 0 Å². The van der Waals surface area contributed by atoms with Gasteiger partial charge in [-0.1, -0.05) is 19.9 Å². The van der Waals surface area contributed by atoms with Crippen molar-refractivity contribution >= 4 is 5.69 Å². The van der Waals surface area contributed by atoms with Gasteiger partial charge in [-0.05, 0) is 24.0 Å². The lowest BCUT2D eigenvalue weighted by atomic mass is 10.1. The van der Waals surface area contributed by atoms with Crippen molar-refractivity contribution in [3.8, 4) is 0 Å². The van der Waals surface area contributed by atoms with Crippen molar-refractivity contribution in [1.29, 1.82) is 5.39 Å². The SMILES string of the molecule is CCc1cc(CC)cc([N+]#N)c1. The molecule has 0 aliphatic carbocycles. The zero-order chi connectivity index (χ0) is 8.97. The molecule has 0 heterocycles. The molecule has 0 N–H and O–H groups in total. The maximum atomic E-state index is 8.60. The minimum atomic E-state index is 0.659. The molecule has 62 valence electrons. The van der Waals surface area contributed by atoms with Crippen molar-refractivity contribution in [2.24, 2.45) is 0 Å². The van der Waals surface area contributed by atoms with Crippen LogP contribution in [0.5, 0.6) is 0 Å². The number of nitrogens with zero attached hydrogens (tertiary/aromatic N) is 2.